The van der Waals surface area contributed by atoms with E-state index in [2.05, 4.69) is 59.3 Å². The van der Waals surface area contributed by atoms with Crippen molar-refractivity contribution in [1.82, 2.24) is 20.2 Å². The average molecular weight is 622 g/mol. The Morgan fingerprint density at radius 1 is 1.17 bits per heavy atom. The Bertz CT molecular complexity index is 1390. The fourth-order valence-electron chi connectivity index (χ4n) is 4.48. The fraction of sp³-hybridized carbons (Fsp3) is 0.536. The van der Waals surface area contributed by atoms with E-state index >= 15 is 4.39 Å². The topological polar surface area (TPSA) is 108 Å². The van der Waals surface area contributed by atoms with E-state index in [4.69, 9.17) is 25.5 Å². The number of hydrogen-bond donors (Lipinski definition) is 1. The van der Waals surface area contributed by atoms with Gasteiger partial charge in [0.15, 0.2) is 19.3 Å². The summed E-state index contributed by atoms with van der Waals surface area (Å²) in [6.45, 7) is 13.7. The zero-order valence-electron chi connectivity index (χ0n) is 24.5. The molecule has 3 aromatic heterocycles. The molecular weight excluding hydrogens is 585 g/mol. The second kappa shape index (κ2) is 12.7. The van der Waals surface area contributed by atoms with E-state index in [0.29, 0.717) is 29.5 Å². The molecule has 1 N–H and O–H groups in total. The van der Waals surface area contributed by atoms with Crippen molar-refractivity contribution in [2.45, 2.75) is 77.6 Å². The summed E-state index contributed by atoms with van der Waals surface area (Å²) in [6.07, 6.45) is 7.11. The number of carbonyl (C=O) groups is 1. The number of nitrogens with one attached hydrogen (secondary N) is 1. The minimum absolute atomic E-state index is 0.0221. The molecule has 13 heteroatoms. The lowest BCUT2D eigenvalue weighted by Crippen LogP contribution is -2.44. The molecule has 0 saturated heterocycles. The van der Waals surface area contributed by atoms with E-state index in [1.165, 1.54) is 19.5 Å². The Labute approximate surface area is 250 Å². The Kier molecular flexibility index (Phi) is 9.67. The molecule has 0 radical (unpaired) electrons. The van der Waals surface area contributed by atoms with E-state index in [1.54, 1.807) is 13.0 Å². The minimum atomic E-state index is -1.78. The zero-order chi connectivity index (χ0) is 29.9. The second-order valence-electron chi connectivity index (χ2n) is 11.8. The van der Waals surface area contributed by atoms with Crippen LogP contribution in [-0.2, 0) is 4.43 Å². The van der Waals surface area contributed by atoms with Crippen LogP contribution in [0, 0.1) is 18.7 Å². The molecule has 4 rings (SSSR count). The van der Waals surface area contributed by atoms with Crippen molar-refractivity contribution in [3.05, 3.63) is 40.7 Å². The number of ether oxygens (including phenoxy) is 2. The van der Waals surface area contributed by atoms with Gasteiger partial charge in [-0.05, 0) is 74.1 Å². The van der Waals surface area contributed by atoms with Crippen LogP contribution in [-0.4, -0.2) is 54.2 Å². The first-order valence-corrected chi connectivity index (χ1v) is 17.7. The van der Waals surface area contributed by atoms with E-state index in [0.717, 1.165) is 37.0 Å². The standard InChI is InChI=1S/C28H37ClFN5O4SSi/c1-16-12-19(22-21(37-5)14-32-24(29)23(22)30)20(13-31-16)25(36)33-26-34-35-27(40-26)38-15-17-8-10-18(11-9-17)39-41(6,7)28(2,3)4/h12-14,17-18H,8-11,15H2,1-7H3,(H,33,34,36). The van der Waals surface area contributed by atoms with Gasteiger partial charge in [0.1, 0.15) is 5.75 Å². The number of aromatic nitrogens is 4. The third kappa shape index (κ3) is 7.40. The highest BCUT2D eigenvalue weighted by atomic mass is 35.5. The molecule has 0 atom stereocenters. The summed E-state index contributed by atoms with van der Waals surface area (Å²) >= 11 is 7.07. The fourth-order valence-corrected chi connectivity index (χ4v) is 6.65. The quantitative estimate of drug-likeness (QED) is 0.196. The van der Waals surface area contributed by atoms with Crippen LogP contribution in [0.25, 0.3) is 11.1 Å². The van der Waals surface area contributed by atoms with Crippen LogP contribution in [0.15, 0.2) is 18.5 Å². The largest absolute Gasteiger partial charge is 0.494 e. The number of nitrogens with zero attached hydrogens (tertiary/aromatic N) is 4. The predicted molar refractivity (Wildman–Crippen MR) is 161 cm³/mol. The lowest BCUT2D eigenvalue weighted by molar-refractivity contribution is 0.0983. The second-order valence-corrected chi connectivity index (χ2v) is 17.9. The monoisotopic (exact) mass is 621 g/mol. The summed E-state index contributed by atoms with van der Waals surface area (Å²) in [7, 11) is -0.389. The number of methoxy groups -OCH3 is 1. The molecule has 1 amide bonds. The molecule has 0 bridgehead atoms. The van der Waals surface area contributed by atoms with Crippen LogP contribution >= 0.6 is 22.9 Å². The first-order valence-electron chi connectivity index (χ1n) is 13.6. The number of halogens is 2. The minimum Gasteiger partial charge on any atom is -0.494 e. The highest BCUT2D eigenvalue weighted by Gasteiger charge is 2.39. The molecule has 3 heterocycles. The third-order valence-corrected chi connectivity index (χ3v) is 13.4. The lowest BCUT2D eigenvalue weighted by Gasteiger charge is -2.41. The van der Waals surface area contributed by atoms with Crippen LogP contribution in [0.1, 0.15) is 62.5 Å². The Balaban J connectivity index is 1.37. The van der Waals surface area contributed by atoms with E-state index in [1.807, 2.05) is 0 Å². The van der Waals surface area contributed by atoms with Crippen molar-refractivity contribution in [2.75, 3.05) is 19.0 Å². The molecule has 1 aliphatic carbocycles. The number of pyridine rings is 2. The van der Waals surface area contributed by atoms with Gasteiger partial charge in [0.25, 0.3) is 11.1 Å². The maximum absolute atomic E-state index is 15.1. The Morgan fingerprint density at radius 2 is 1.88 bits per heavy atom. The SMILES string of the molecule is COc1cnc(Cl)c(F)c1-c1cc(C)ncc1C(=O)Nc1nnc(OCC2CCC(O[Si](C)(C)C(C)(C)C)CC2)s1. The molecule has 9 nitrogen and oxygen atoms in total. The molecule has 0 unspecified atom stereocenters. The number of aryl methyl sites for hydroxylation is 1. The van der Waals surface area contributed by atoms with Crippen LogP contribution in [0.2, 0.25) is 23.3 Å². The van der Waals surface area contributed by atoms with Crippen molar-refractivity contribution in [2.24, 2.45) is 5.92 Å². The maximum Gasteiger partial charge on any atom is 0.295 e. The van der Waals surface area contributed by atoms with Gasteiger partial charge in [-0.3, -0.25) is 15.1 Å². The van der Waals surface area contributed by atoms with Crippen molar-refractivity contribution in [1.29, 1.82) is 0 Å². The first kappa shape index (κ1) is 31.3. The van der Waals surface area contributed by atoms with Crippen LogP contribution in [0.5, 0.6) is 10.9 Å². The highest BCUT2D eigenvalue weighted by Crippen LogP contribution is 2.40. The van der Waals surface area contributed by atoms with Crippen LogP contribution in [0.4, 0.5) is 9.52 Å². The molecule has 0 spiro atoms. The molecule has 0 aromatic carbocycles. The molecular formula is C28H37ClFN5O4SSi. The van der Waals surface area contributed by atoms with Gasteiger partial charge >= 0.3 is 0 Å². The van der Waals surface area contributed by atoms with E-state index in [9.17, 15) is 4.79 Å². The zero-order valence-corrected chi connectivity index (χ0v) is 27.1. The number of carbonyl (C=O) groups excluding carboxylic acids is 1. The number of hydrogen-bond acceptors (Lipinski definition) is 9. The van der Waals surface area contributed by atoms with Crippen LogP contribution < -0.4 is 14.8 Å². The van der Waals surface area contributed by atoms with Gasteiger partial charge in [0, 0.05) is 23.6 Å². The van der Waals surface area contributed by atoms with Crippen molar-refractivity contribution in [3.63, 3.8) is 0 Å². The van der Waals surface area contributed by atoms with Gasteiger partial charge in [-0.2, -0.15) is 0 Å². The number of amides is 1. The lowest BCUT2D eigenvalue weighted by atomic mass is 9.88. The van der Waals surface area contributed by atoms with Crippen molar-refractivity contribution >= 4 is 42.3 Å². The Hall–Kier alpha value is -2.67. The molecule has 41 heavy (non-hydrogen) atoms. The summed E-state index contributed by atoms with van der Waals surface area (Å²) in [5.74, 6) is -0.782. The van der Waals surface area contributed by atoms with Gasteiger partial charge in [-0.25, -0.2) is 9.37 Å². The highest BCUT2D eigenvalue weighted by molar-refractivity contribution is 7.17. The molecule has 1 saturated carbocycles. The summed E-state index contributed by atoms with van der Waals surface area (Å²) < 4.78 is 32.9. The van der Waals surface area contributed by atoms with Gasteiger partial charge in [-0.1, -0.05) is 37.5 Å². The van der Waals surface area contributed by atoms with Crippen LogP contribution in [0.3, 0.4) is 0 Å². The van der Waals surface area contributed by atoms with Gasteiger partial charge in [0.2, 0.25) is 5.13 Å². The summed E-state index contributed by atoms with van der Waals surface area (Å²) in [5.41, 5.74) is 0.985. The molecule has 3 aromatic rings. The van der Waals surface area contributed by atoms with Gasteiger partial charge in [-0.15, -0.1) is 5.10 Å². The van der Waals surface area contributed by atoms with Gasteiger partial charge < -0.3 is 13.9 Å². The number of anilines is 1. The number of rotatable bonds is 9. The maximum atomic E-state index is 15.1. The first-order chi connectivity index (χ1) is 19.3. The van der Waals surface area contributed by atoms with Crippen molar-refractivity contribution in [3.8, 4) is 22.1 Å². The molecule has 0 aliphatic heterocycles. The van der Waals surface area contributed by atoms with E-state index < -0.39 is 20.0 Å². The predicted octanol–water partition coefficient (Wildman–Crippen LogP) is 7.32. The summed E-state index contributed by atoms with van der Waals surface area (Å²) in [4.78, 5) is 21.3. The van der Waals surface area contributed by atoms with E-state index in [-0.39, 0.29) is 37.8 Å². The average Bonchev–Trinajstić information content (AvgIpc) is 3.36. The smallest absolute Gasteiger partial charge is 0.295 e. The molecule has 222 valence electrons. The third-order valence-electron chi connectivity index (χ3n) is 7.85. The van der Waals surface area contributed by atoms with Gasteiger partial charge in [0.05, 0.1) is 31.0 Å². The normalized spacial score (nSPS) is 17.8. The summed E-state index contributed by atoms with van der Waals surface area (Å²) in [6, 6.07) is 1.59. The summed E-state index contributed by atoms with van der Waals surface area (Å²) in [5, 5.41) is 11.3. The van der Waals surface area contributed by atoms with Crippen molar-refractivity contribution < 1.29 is 23.1 Å². The Morgan fingerprint density at radius 3 is 2.54 bits per heavy atom. The molecule has 1 fully saturated rings. The molecule has 1 aliphatic rings.